The summed E-state index contributed by atoms with van der Waals surface area (Å²) in [4.78, 5) is 0. The van der Waals surface area contributed by atoms with Gasteiger partial charge in [0.15, 0.2) is 6.79 Å². The molecule has 7 heteroatoms. The predicted octanol–water partition coefficient (Wildman–Crippen LogP) is 2.76. The Bertz CT molecular complexity index is 393. The predicted molar refractivity (Wildman–Crippen MR) is 56.5 cm³/mol. The van der Waals surface area contributed by atoms with Gasteiger partial charge in [0.2, 0.25) is 0 Å². The van der Waals surface area contributed by atoms with Gasteiger partial charge in [-0.3, -0.25) is 0 Å². The van der Waals surface area contributed by atoms with E-state index in [9.17, 15) is 17.6 Å². The molecule has 1 rings (SSSR count). The Balaban J connectivity index is 2.47. The lowest BCUT2D eigenvalue weighted by Crippen LogP contribution is -2.19. The second-order valence-electron chi connectivity index (χ2n) is 3.70. The minimum absolute atomic E-state index is 0.0825. The van der Waals surface area contributed by atoms with Gasteiger partial charge in [-0.1, -0.05) is 6.07 Å². The van der Waals surface area contributed by atoms with Crippen molar-refractivity contribution in [2.45, 2.75) is 19.1 Å². The van der Waals surface area contributed by atoms with Gasteiger partial charge in [-0.2, -0.15) is 13.2 Å². The van der Waals surface area contributed by atoms with Crippen LogP contribution >= 0.6 is 0 Å². The van der Waals surface area contributed by atoms with Crippen LogP contribution in [-0.4, -0.2) is 19.6 Å². The molecule has 3 nitrogen and oxygen atoms in total. The number of nitrogens with two attached hydrogens (primary N) is 1. The molecule has 0 saturated carbocycles. The van der Waals surface area contributed by atoms with Crippen LogP contribution in [0.25, 0.3) is 0 Å². The lowest BCUT2D eigenvalue weighted by molar-refractivity contribution is -0.186. The Labute approximate surface area is 101 Å². The third kappa shape index (κ3) is 4.89. The van der Waals surface area contributed by atoms with E-state index in [0.717, 1.165) is 6.07 Å². The number of benzene rings is 1. The van der Waals surface area contributed by atoms with E-state index in [1.807, 2.05) is 0 Å². The first-order valence-corrected chi connectivity index (χ1v) is 5.12. The quantitative estimate of drug-likeness (QED) is 0.507. The summed E-state index contributed by atoms with van der Waals surface area (Å²) in [6.07, 6.45) is -4.41. The molecule has 1 aromatic carbocycles. The van der Waals surface area contributed by atoms with E-state index in [2.05, 4.69) is 4.74 Å². The number of hydrogen-bond donors (Lipinski definition) is 1. The Kier molecular flexibility index (Phi) is 4.92. The fourth-order valence-corrected chi connectivity index (χ4v) is 1.23. The molecule has 102 valence electrons. The molecule has 0 amide bonds. The molecule has 0 fully saturated rings. The van der Waals surface area contributed by atoms with E-state index in [1.54, 1.807) is 6.92 Å². The molecule has 0 unspecified atom stereocenters. The van der Waals surface area contributed by atoms with Crippen LogP contribution in [0.2, 0.25) is 0 Å². The second-order valence-corrected chi connectivity index (χ2v) is 3.70. The summed E-state index contributed by atoms with van der Waals surface area (Å²) in [7, 11) is 0. The molecule has 2 N–H and O–H groups in total. The normalized spacial score (nSPS) is 13.4. The van der Waals surface area contributed by atoms with Crippen molar-refractivity contribution in [3.63, 3.8) is 0 Å². The average molecular weight is 267 g/mol. The van der Waals surface area contributed by atoms with Gasteiger partial charge in [0.1, 0.15) is 18.2 Å². The van der Waals surface area contributed by atoms with Crippen LogP contribution < -0.4 is 10.5 Å². The molecule has 0 saturated heterocycles. The van der Waals surface area contributed by atoms with E-state index in [0.29, 0.717) is 5.56 Å². The number of alkyl halides is 3. The van der Waals surface area contributed by atoms with Crippen molar-refractivity contribution in [2.75, 3.05) is 13.4 Å². The first-order chi connectivity index (χ1) is 8.29. The molecule has 1 aromatic rings. The molecule has 18 heavy (non-hydrogen) atoms. The van der Waals surface area contributed by atoms with Crippen LogP contribution in [0.15, 0.2) is 18.2 Å². The highest BCUT2D eigenvalue weighted by molar-refractivity contribution is 5.30. The van der Waals surface area contributed by atoms with E-state index in [1.165, 1.54) is 12.1 Å². The lowest BCUT2D eigenvalue weighted by Gasteiger charge is -2.11. The van der Waals surface area contributed by atoms with E-state index in [-0.39, 0.29) is 5.75 Å². The summed E-state index contributed by atoms with van der Waals surface area (Å²) in [6.45, 7) is -0.394. The molecule has 0 spiro atoms. The van der Waals surface area contributed by atoms with Crippen LogP contribution in [0.1, 0.15) is 18.5 Å². The summed E-state index contributed by atoms with van der Waals surface area (Å²) in [5, 5.41) is 0. The van der Waals surface area contributed by atoms with Gasteiger partial charge in [-0.05, 0) is 13.0 Å². The van der Waals surface area contributed by atoms with E-state index in [4.69, 9.17) is 10.5 Å². The Morgan fingerprint density at radius 3 is 2.50 bits per heavy atom. The first-order valence-electron chi connectivity index (χ1n) is 5.12. The highest BCUT2D eigenvalue weighted by atomic mass is 19.4. The zero-order chi connectivity index (χ0) is 13.8. The Morgan fingerprint density at radius 2 is 2.00 bits per heavy atom. The summed E-state index contributed by atoms with van der Waals surface area (Å²) in [5.41, 5.74) is 5.81. The smallest absolute Gasteiger partial charge is 0.411 e. The Morgan fingerprint density at radius 1 is 1.33 bits per heavy atom. The SMILES string of the molecule is C[C@@H](N)c1ccc(OCOCC(F)(F)F)cc1F. The maximum absolute atomic E-state index is 13.4. The summed E-state index contributed by atoms with van der Waals surface area (Å²) < 4.78 is 57.7. The van der Waals surface area contributed by atoms with Gasteiger partial charge in [-0.25, -0.2) is 4.39 Å². The number of halogens is 4. The topological polar surface area (TPSA) is 44.5 Å². The molecule has 0 bridgehead atoms. The second kappa shape index (κ2) is 6.01. The fraction of sp³-hybridized carbons (Fsp3) is 0.455. The minimum Gasteiger partial charge on any atom is -0.467 e. The molecule has 0 heterocycles. The van der Waals surface area contributed by atoms with E-state index < -0.39 is 31.4 Å². The molecular weight excluding hydrogens is 254 g/mol. The van der Waals surface area contributed by atoms with Crippen molar-refractivity contribution in [2.24, 2.45) is 5.73 Å². The molecular formula is C11H13F4NO2. The van der Waals surface area contributed by atoms with Crippen molar-refractivity contribution in [1.82, 2.24) is 0 Å². The molecule has 0 aliphatic carbocycles. The standard InChI is InChI=1S/C11H13F4NO2/c1-7(16)9-3-2-8(4-10(9)12)18-6-17-5-11(13,14)15/h2-4,7H,5-6,16H2,1H3/t7-/m1/s1. The molecule has 1 atom stereocenters. The van der Waals surface area contributed by atoms with Gasteiger partial charge < -0.3 is 15.2 Å². The monoisotopic (exact) mass is 267 g/mol. The van der Waals surface area contributed by atoms with Gasteiger partial charge in [0.25, 0.3) is 0 Å². The van der Waals surface area contributed by atoms with Gasteiger partial charge >= 0.3 is 6.18 Å². The van der Waals surface area contributed by atoms with Crippen LogP contribution in [0, 0.1) is 5.82 Å². The average Bonchev–Trinajstić information content (AvgIpc) is 2.22. The van der Waals surface area contributed by atoms with Crippen molar-refractivity contribution >= 4 is 0 Å². The summed E-state index contributed by atoms with van der Waals surface area (Å²) in [5.74, 6) is -0.489. The fourth-order valence-electron chi connectivity index (χ4n) is 1.23. The number of hydrogen-bond acceptors (Lipinski definition) is 3. The zero-order valence-corrected chi connectivity index (χ0v) is 9.63. The third-order valence-corrected chi connectivity index (χ3v) is 2.04. The number of rotatable bonds is 5. The number of ether oxygens (including phenoxy) is 2. The van der Waals surface area contributed by atoms with Gasteiger partial charge in [0.05, 0.1) is 0 Å². The summed E-state index contributed by atoms with van der Waals surface area (Å²) >= 11 is 0. The third-order valence-electron chi connectivity index (χ3n) is 2.04. The van der Waals surface area contributed by atoms with Crippen molar-refractivity contribution < 1.29 is 27.0 Å². The molecule has 0 aliphatic rings. The highest BCUT2D eigenvalue weighted by Crippen LogP contribution is 2.21. The van der Waals surface area contributed by atoms with Crippen molar-refractivity contribution in [3.8, 4) is 5.75 Å². The molecule has 0 aliphatic heterocycles. The largest absolute Gasteiger partial charge is 0.467 e. The first kappa shape index (κ1) is 14.7. The Hall–Kier alpha value is -1.34. The van der Waals surface area contributed by atoms with Crippen LogP contribution in [-0.2, 0) is 4.74 Å². The zero-order valence-electron chi connectivity index (χ0n) is 9.63. The van der Waals surface area contributed by atoms with Gasteiger partial charge in [-0.15, -0.1) is 0 Å². The van der Waals surface area contributed by atoms with Crippen molar-refractivity contribution in [1.29, 1.82) is 0 Å². The van der Waals surface area contributed by atoms with Crippen LogP contribution in [0.3, 0.4) is 0 Å². The van der Waals surface area contributed by atoms with Crippen LogP contribution in [0.4, 0.5) is 17.6 Å². The van der Waals surface area contributed by atoms with Crippen molar-refractivity contribution in [3.05, 3.63) is 29.6 Å². The summed E-state index contributed by atoms with van der Waals surface area (Å²) in [6, 6.07) is 3.41. The lowest BCUT2D eigenvalue weighted by atomic mass is 10.1. The minimum atomic E-state index is -4.41. The van der Waals surface area contributed by atoms with Gasteiger partial charge in [0, 0.05) is 17.7 Å². The maximum Gasteiger partial charge on any atom is 0.411 e. The van der Waals surface area contributed by atoms with E-state index >= 15 is 0 Å². The maximum atomic E-state index is 13.4. The highest BCUT2D eigenvalue weighted by Gasteiger charge is 2.27. The molecule has 0 aromatic heterocycles. The molecule has 0 radical (unpaired) electrons. The van der Waals surface area contributed by atoms with Crippen LogP contribution in [0.5, 0.6) is 5.75 Å².